The van der Waals surface area contributed by atoms with Gasteiger partial charge in [-0.05, 0) is 31.1 Å². The number of nitrogens with one attached hydrogen (secondary N) is 1. The molecule has 0 heterocycles. The molecule has 100 valence electrons. The zero-order valence-corrected chi connectivity index (χ0v) is 11.8. The molecule has 1 fully saturated rings. The molecular formula is C15H23NOS. The summed E-state index contributed by atoms with van der Waals surface area (Å²) in [4.78, 5) is 0. The maximum absolute atomic E-state index is 10.1. The van der Waals surface area contributed by atoms with Gasteiger partial charge in [-0.2, -0.15) is 11.8 Å². The first-order valence-corrected chi connectivity index (χ1v) is 8.07. The molecule has 3 atom stereocenters. The number of aliphatic hydroxyl groups excluding tert-OH is 1. The molecule has 0 saturated heterocycles. The Kier molecular flexibility index (Phi) is 5.54. The Morgan fingerprint density at radius 3 is 2.83 bits per heavy atom. The van der Waals surface area contributed by atoms with E-state index in [0.717, 1.165) is 10.8 Å². The molecule has 2 rings (SSSR count). The van der Waals surface area contributed by atoms with Crippen molar-refractivity contribution in [2.24, 2.45) is 0 Å². The van der Waals surface area contributed by atoms with Gasteiger partial charge in [0.15, 0.2) is 0 Å². The van der Waals surface area contributed by atoms with Crippen molar-refractivity contribution in [2.45, 2.75) is 43.1 Å². The van der Waals surface area contributed by atoms with Crippen molar-refractivity contribution < 1.29 is 5.11 Å². The van der Waals surface area contributed by atoms with Crippen molar-refractivity contribution in [1.82, 2.24) is 5.32 Å². The van der Waals surface area contributed by atoms with Gasteiger partial charge in [-0.25, -0.2) is 0 Å². The van der Waals surface area contributed by atoms with Gasteiger partial charge >= 0.3 is 0 Å². The Labute approximate surface area is 114 Å². The quantitative estimate of drug-likeness (QED) is 0.858. The SMILES string of the molecule is CSC1CCCC(NCC(O)c2ccccc2)C1. The average Bonchev–Trinajstić information content (AvgIpc) is 2.46. The molecule has 3 heteroatoms. The van der Waals surface area contributed by atoms with Crippen LogP contribution in [0.2, 0.25) is 0 Å². The van der Waals surface area contributed by atoms with E-state index in [0.29, 0.717) is 12.6 Å². The van der Waals surface area contributed by atoms with Crippen LogP contribution in [0.15, 0.2) is 30.3 Å². The number of benzene rings is 1. The summed E-state index contributed by atoms with van der Waals surface area (Å²) in [5, 5.41) is 14.4. The van der Waals surface area contributed by atoms with Crippen LogP contribution in [0.3, 0.4) is 0 Å². The maximum atomic E-state index is 10.1. The Balaban J connectivity index is 1.77. The van der Waals surface area contributed by atoms with Crippen molar-refractivity contribution in [2.75, 3.05) is 12.8 Å². The van der Waals surface area contributed by atoms with E-state index >= 15 is 0 Å². The standard InChI is InChI=1S/C15H23NOS/c1-18-14-9-5-8-13(10-14)16-11-15(17)12-6-3-2-4-7-12/h2-4,6-7,13-17H,5,8-11H2,1H3. The fourth-order valence-corrected chi connectivity index (χ4v) is 3.44. The van der Waals surface area contributed by atoms with Crippen molar-refractivity contribution in [3.05, 3.63) is 35.9 Å². The van der Waals surface area contributed by atoms with Gasteiger partial charge in [0.2, 0.25) is 0 Å². The van der Waals surface area contributed by atoms with Crippen LogP contribution in [0.25, 0.3) is 0 Å². The lowest BCUT2D eigenvalue weighted by atomic mass is 9.94. The fourth-order valence-electron chi connectivity index (χ4n) is 2.62. The van der Waals surface area contributed by atoms with Crippen LogP contribution in [-0.4, -0.2) is 29.2 Å². The fraction of sp³-hybridized carbons (Fsp3) is 0.600. The van der Waals surface area contributed by atoms with Crippen molar-refractivity contribution >= 4 is 11.8 Å². The molecule has 1 aromatic rings. The minimum absolute atomic E-state index is 0.388. The zero-order chi connectivity index (χ0) is 12.8. The van der Waals surface area contributed by atoms with E-state index in [1.165, 1.54) is 25.7 Å². The summed E-state index contributed by atoms with van der Waals surface area (Å²) in [7, 11) is 0. The first-order chi connectivity index (χ1) is 8.79. The Hall–Kier alpha value is -0.510. The largest absolute Gasteiger partial charge is 0.387 e. The molecule has 3 unspecified atom stereocenters. The van der Waals surface area contributed by atoms with Gasteiger partial charge in [-0.1, -0.05) is 36.8 Å². The van der Waals surface area contributed by atoms with E-state index in [-0.39, 0.29) is 6.10 Å². The van der Waals surface area contributed by atoms with Gasteiger partial charge < -0.3 is 10.4 Å². The summed E-state index contributed by atoms with van der Waals surface area (Å²) in [6, 6.07) is 10.5. The van der Waals surface area contributed by atoms with E-state index in [1.54, 1.807) is 0 Å². The molecule has 0 radical (unpaired) electrons. The van der Waals surface area contributed by atoms with E-state index < -0.39 is 0 Å². The number of hydrogen-bond donors (Lipinski definition) is 2. The highest BCUT2D eigenvalue weighted by Crippen LogP contribution is 2.27. The topological polar surface area (TPSA) is 32.3 Å². The van der Waals surface area contributed by atoms with Crippen LogP contribution in [0.5, 0.6) is 0 Å². The van der Waals surface area contributed by atoms with Crippen molar-refractivity contribution in [1.29, 1.82) is 0 Å². The third-order valence-electron chi connectivity index (χ3n) is 3.74. The van der Waals surface area contributed by atoms with Crippen LogP contribution < -0.4 is 5.32 Å². The van der Waals surface area contributed by atoms with Gasteiger partial charge in [0.05, 0.1) is 6.10 Å². The average molecular weight is 265 g/mol. The maximum Gasteiger partial charge on any atom is 0.0914 e. The highest BCUT2D eigenvalue weighted by atomic mass is 32.2. The van der Waals surface area contributed by atoms with E-state index in [1.807, 2.05) is 42.1 Å². The Bertz CT molecular complexity index is 344. The number of aliphatic hydroxyl groups is 1. The molecule has 2 N–H and O–H groups in total. The van der Waals surface area contributed by atoms with Gasteiger partial charge in [-0.15, -0.1) is 0 Å². The van der Waals surface area contributed by atoms with E-state index in [2.05, 4.69) is 11.6 Å². The summed E-state index contributed by atoms with van der Waals surface area (Å²) in [5.74, 6) is 0. The Morgan fingerprint density at radius 1 is 1.33 bits per heavy atom. The molecular weight excluding hydrogens is 242 g/mol. The summed E-state index contributed by atoms with van der Waals surface area (Å²) in [6.07, 6.45) is 6.96. The minimum Gasteiger partial charge on any atom is -0.387 e. The second-order valence-corrected chi connectivity index (χ2v) is 6.19. The minimum atomic E-state index is -0.388. The van der Waals surface area contributed by atoms with Crippen LogP contribution >= 0.6 is 11.8 Å². The number of hydrogen-bond acceptors (Lipinski definition) is 3. The third kappa shape index (κ3) is 4.01. The second-order valence-electron chi connectivity index (χ2n) is 5.06. The molecule has 0 aromatic heterocycles. The van der Waals surface area contributed by atoms with Gasteiger partial charge in [0.25, 0.3) is 0 Å². The predicted octanol–water partition coefficient (Wildman–Crippen LogP) is 2.98. The second kappa shape index (κ2) is 7.17. The van der Waals surface area contributed by atoms with Crippen LogP contribution in [0.4, 0.5) is 0 Å². The highest BCUT2D eigenvalue weighted by Gasteiger charge is 2.21. The normalized spacial score (nSPS) is 25.9. The van der Waals surface area contributed by atoms with Crippen molar-refractivity contribution in [3.63, 3.8) is 0 Å². The van der Waals surface area contributed by atoms with E-state index in [9.17, 15) is 5.11 Å². The molecule has 1 aliphatic carbocycles. The monoisotopic (exact) mass is 265 g/mol. The zero-order valence-electron chi connectivity index (χ0n) is 11.0. The van der Waals surface area contributed by atoms with Crippen molar-refractivity contribution in [3.8, 4) is 0 Å². The molecule has 0 spiro atoms. The predicted molar refractivity (Wildman–Crippen MR) is 79.0 cm³/mol. The summed E-state index contributed by atoms with van der Waals surface area (Å²) >= 11 is 1.98. The van der Waals surface area contributed by atoms with Gasteiger partial charge in [-0.3, -0.25) is 0 Å². The smallest absolute Gasteiger partial charge is 0.0914 e. The van der Waals surface area contributed by atoms with Crippen LogP contribution in [0.1, 0.15) is 37.4 Å². The van der Waals surface area contributed by atoms with Crippen LogP contribution in [0, 0.1) is 0 Å². The van der Waals surface area contributed by atoms with E-state index in [4.69, 9.17) is 0 Å². The third-order valence-corrected chi connectivity index (χ3v) is 4.84. The molecule has 18 heavy (non-hydrogen) atoms. The van der Waals surface area contributed by atoms with Gasteiger partial charge in [0, 0.05) is 17.8 Å². The molecule has 1 aliphatic rings. The first-order valence-electron chi connectivity index (χ1n) is 6.78. The summed E-state index contributed by atoms with van der Waals surface area (Å²) in [6.45, 7) is 0.662. The molecule has 1 saturated carbocycles. The van der Waals surface area contributed by atoms with Gasteiger partial charge in [0.1, 0.15) is 0 Å². The molecule has 1 aromatic carbocycles. The Morgan fingerprint density at radius 2 is 2.11 bits per heavy atom. The number of rotatable bonds is 5. The lowest BCUT2D eigenvalue weighted by Gasteiger charge is -2.29. The lowest BCUT2D eigenvalue weighted by molar-refractivity contribution is 0.166. The van der Waals surface area contributed by atoms with Crippen LogP contribution in [-0.2, 0) is 0 Å². The molecule has 0 aliphatic heterocycles. The summed E-state index contributed by atoms with van der Waals surface area (Å²) in [5.41, 5.74) is 1.00. The molecule has 0 bridgehead atoms. The summed E-state index contributed by atoms with van der Waals surface area (Å²) < 4.78 is 0. The molecule has 2 nitrogen and oxygen atoms in total. The lowest BCUT2D eigenvalue weighted by Crippen LogP contribution is -2.37. The first kappa shape index (κ1) is 13.9. The highest BCUT2D eigenvalue weighted by molar-refractivity contribution is 7.99. The number of thioether (sulfide) groups is 1. The molecule has 0 amide bonds.